The van der Waals surface area contributed by atoms with E-state index >= 15 is 0 Å². The fourth-order valence-corrected chi connectivity index (χ4v) is 4.99. The van der Waals surface area contributed by atoms with Crippen LogP contribution >= 0.6 is 0 Å². The van der Waals surface area contributed by atoms with Gasteiger partial charge in [-0.1, -0.05) is 155 Å². The molecule has 0 fully saturated rings. The Bertz CT molecular complexity index is 430. The van der Waals surface area contributed by atoms with Gasteiger partial charge in [-0.25, -0.2) is 4.79 Å². The van der Waals surface area contributed by atoms with Crippen molar-refractivity contribution in [2.75, 3.05) is 19.8 Å². The molecule has 0 aromatic rings. The lowest BCUT2D eigenvalue weighted by Gasteiger charge is -2.19. The van der Waals surface area contributed by atoms with E-state index < -0.39 is 6.09 Å². The molecule has 2 N–H and O–H groups in total. The van der Waals surface area contributed by atoms with E-state index in [2.05, 4.69) is 19.2 Å². The maximum Gasteiger partial charge on any atom is 0.404 e. The Labute approximate surface area is 237 Å². The maximum atomic E-state index is 10.7. The number of hydrogen-bond donors (Lipinski definition) is 2. The summed E-state index contributed by atoms with van der Waals surface area (Å²) in [6.07, 6.45) is 32.5. The Hall–Kier alpha value is -0.810. The highest BCUT2D eigenvalue weighted by atomic mass is 16.7. The maximum absolute atomic E-state index is 10.7. The smallest absolute Gasteiger partial charge is 0.404 e. The van der Waals surface area contributed by atoms with E-state index in [0.29, 0.717) is 6.54 Å². The van der Waals surface area contributed by atoms with E-state index in [1.165, 1.54) is 141 Å². The quantitative estimate of drug-likeness (QED) is 0.0656. The van der Waals surface area contributed by atoms with Crippen molar-refractivity contribution in [1.29, 1.82) is 0 Å². The summed E-state index contributed by atoms with van der Waals surface area (Å²) in [5, 5.41) is 11.2. The van der Waals surface area contributed by atoms with E-state index in [-0.39, 0.29) is 6.29 Å². The highest BCUT2D eigenvalue weighted by Gasteiger charge is 2.10. The van der Waals surface area contributed by atoms with Crippen molar-refractivity contribution in [1.82, 2.24) is 5.32 Å². The van der Waals surface area contributed by atoms with Gasteiger partial charge in [0.1, 0.15) is 0 Å². The average molecular weight is 542 g/mol. The normalized spacial score (nSPS) is 11.4. The molecule has 0 saturated carbocycles. The molecule has 0 aliphatic carbocycles. The van der Waals surface area contributed by atoms with Crippen LogP contribution in [0.1, 0.15) is 181 Å². The Morgan fingerprint density at radius 2 is 0.842 bits per heavy atom. The summed E-state index contributed by atoms with van der Waals surface area (Å²) in [5.41, 5.74) is 0. The predicted molar refractivity (Wildman–Crippen MR) is 163 cm³/mol. The number of unbranched alkanes of at least 4 members (excludes halogenated alkanes) is 22. The monoisotopic (exact) mass is 542 g/mol. The number of carbonyl (C=O) groups is 1. The summed E-state index contributed by atoms with van der Waals surface area (Å²) in [5.74, 6) is 0. The first-order chi connectivity index (χ1) is 18.7. The van der Waals surface area contributed by atoms with Gasteiger partial charge in [-0.05, 0) is 19.3 Å². The van der Waals surface area contributed by atoms with Crippen LogP contribution in [0.25, 0.3) is 0 Å². The largest absolute Gasteiger partial charge is 0.465 e. The van der Waals surface area contributed by atoms with Crippen molar-refractivity contribution in [3.05, 3.63) is 0 Å². The van der Waals surface area contributed by atoms with Gasteiger partial charge in [-0.2, -0.15) is 0 Å². The summed E-state index contributed by atoms with van der Waals surface area (Å²) in [6.45, 7) is 6.49. The summed E-state index contributed by atoms with van der Waals surface area (Å²) in [7, 11) is 0. The van der Waals surface area contributed by atoms with Crippen LogP contribution in [0.3, 0.4) is 0 Å². The topological polar surface area (TPSA) is 67.8 Å². The zero-order valence-corrected chi connectivity index (χ0v) is 25.8. The van der Waals surface area contributed by atoms with Gasteiger partial charge < -0.3 is 19.9 Å². The summed E-state index contributed by atoms with van der Waals surface area (Å²) < 4.78 is 12.1. The molecule has 5 heteroatoms. The molecule has 0 atom stereocenters. The molecule has 0 rings (SSSR count). The average Bonchev–Trinajstić information content (AvgIpc) is 2.91. The minimum absolute atomic E-state index is 0.203. The number of carboxylic acid groups (broad SMARTS) is 1. The molecule has 0 aliphatic rings. The zero-order valence-electron chi connectivity index (χ0n) is 25.8. The first-order valence-electron chi connectivity index (χ1n) is 16.9. The van der Waals surface area contributed by atoms with Crippen LogP contribution < -0.4 is 5.32 Å². The Morgan fingerprint density at radius 3 is 1.16 bits per heavy atom. The number of rotatable bonds is 32. The van der Waals surface area contributed by atoms with Gasteiger partial charge in [0.05, 0.1) is 0 Å². The number of amides is 1. The molecule has 0 heterocycles. The third kappa shape index (κ3) is 31.4. The van der Waals surface area contributed by atoms with Crippen LogP contribution in [0.2, 0.25) is 0 Å². The second-order valence-corrected chi connectivity index (χ2v) is 11.3. The highest BCUT2D eigenvalue weighted by Crippen LogP contribution is 2.14. The Balaban J connectivity index is 3.73. The molecule has 0 aromatic heterocycles. The highest BCUT2D eigenvalue weighted by molar-refractivity contribution is 5.64. The Morgan fingerprint density at radius 1 is 0.526 bits per heavy atom. The molecule has 228 valence electrons. The van der Waals surface area contributed by atoms with Crippen molar-refractivity contribution in [2.24, 2.45) is 0 Å². The lowest BCUT2D eigenvalue weighted by Crippen LogP contribution is -2.25. The third-order valence-electron chi connectivity index (χ3n) is 7.50. The van der Waals surface area contributed by atoms with Crippen molar-refractivity contribution < 1.29 is 19.4 Å². The molecular formula is C33H67NO4. The molecule has 0 spiro atoms. The van der Waals surface area contributed by atoms with Crippen molar-refractivity contribution in [2.45, 2.75) is 187 Å². The molecule has 0 radical (unpaired) electrons. The van der Waals surface area contributed by atoms with Gasteiger partial charge in [-0.15, -0.1) is 0 Å². The first kappa shape index (κ1) is 37.2. The fourth-order valence-electron chi connectivity index (χ4n) is 4.99. The fraction of sp³-hybridized carbons (Fsp3) is 0.970. The van der Waals surface area contributed by atoms with Crippen LogP contribution in [0.15, 0.2) is 0 Å². The molecule has 38 heavy (non-hydrogen) atoms. The minimum Gasteiger partial charge on any atom is -0.465 e. The second kappa shape index (κ2) is 32.4. The van der Waals surface area contributed by atoms with E-state index in [4.69, 9.17) is 14.6 Å². The van der Waals surface area contributed by atoms with Gasteiger partial charge in [0.2, 0.25) is 0 Å². The molecular weight excluding hydrogens is 474 g/mol. The number of hydrogen-bond acceptors (Lipinski definition) is 3. The van der Waals surface area contributed by atoms with E-state index in [9.17, 15) is 4.79 Å². The molecule has 0 aromatic carbocycles. The lowest BCUT2D eigenvalue weighted by molar-refractivity contribution is -0.147. The Kier molecular flexibility index (Phi) is 31.7. The summed E-state index contributed by atoms with van der Waals surface area (Å²) in [6, 6.07) is 0. The van der Waals surface area contributed by atoms with E-state index in [1.54, 1.807) is 0 Å². The lowest BCUT2D eigenvalue weighted by atomic mass is 10.1. The molecule has 0 unspecified atom stereocenters. The molecule has 0 aliphatic heterocycles. The first-order valence-corrected chi connectivity index (χ1v) is 16.9. The van der Waals surface area contributed by atoms with Crippen molar-refractivity contribution in [3.8, 4) is 0 Å². The molecule has 0 saturated heterocycles. The molecule has 0 bridgehead atoms. The molecule has 5 nitrogen and oxygen atoms in total. The van der Waals surface area contributed by atoms with Crippen LogP contribution in [0, 0.1) is 0 Å². The van der Waals surface area contributed by atoms with E-state index in [1.807, 2.05) is 0 Å². The van der Waals surface area contributed by atoms with Crippen LogP contribution in [-0.4, -0.2) is 37.2 Å². The van der Waals surface area contributed by atoms with E-state index in [0.717, 1.165) is 38.9 Å². The predicted octanol–water partition coefficient (Wildman–Crippen LogP) is 10.8. The van der Waals surface area contributed by atoms with Crippen LogP contribution in [-0.2, 0) is 9.47 Å². The summed E-state index contributed by atoms with van der Waals surface area (Å²) >= 11 is 0. The van der Waals surface area contributed by atoms with Crippen LogP contribution in [0.4, 0.5) is 4.79 Å². The van der Waals surface area contributed by atoms with Gasteiger partial charge in [0.15, 0.2) is 6.29 Å². The van der Waals surface area contributed by atoms with Gasteiger partial charge >= 0.3 is 6.09 Å². The summed E-state index contributed by atoms with van der Waals surface area (Å²) in [4.78, 5) is 10.7. The number of ether oxygens (including phenoxy) is 2. The number of nitrogens with one attached hydrogen (secondary N) is 1. The van der Waals surface area contributed by atoms with Gasteiger partial charge in [0.25, 0.3) is 0 Å². The third-order valence-corrected chi connectivity index (χ3v) is 7.50. The second-order valence-electron chi connectivity index (χ2n) is 11.3. The minimum atomic E-state index is -0.962. The van der Waals surface area contributed by atoms with Gasteiger partial charge in [0, 0.05) is 26.2 Å². The van der Waals surface area contributed by atoms with Crippen molar-refractivity contribution >= 4 is 6.09 Å². The van der Waals surface area contributed by atoms with Gasteiger partial charge in [-0.3, -0.25) is 0 Å². The standard InChI is InChI=1S/C33H67NO4/c1-3-5-7-9-11-13-15-17-19-21-23-25-30-37-32(28-27-29-34-33(35)36)38-31-26-24-22-20-18-16-14-12-10-8-6-4-2/h32,34H,3-31H2,1-2H3,(H,35,36). The zero-order chi connectivity index (χ0) is 27.8. The van der Waals surface area contributed by atoms with Crippen molar-refractivity contribution in [3.63, 3.8) is 0 Å². The van der Waals surface area contributed by atoms with Crippen LogP contribution in [0.5, 0.6) is 0 Å². The SMILES string of the molecule is CCCCCCCCCCCCCCOC(CCCNC(=O)O)OCCCCCCCCCCCCCC. The molecule has 1 amide bonds.